The van der Waals surface area contributed by atoms with Crippen LogP contribution in [0.25, 0.3) is 0 Å². The number of nitrogens with zero attached hydrogens (tertiary/aromatic N) is 3. The van der Waals surface area contributed by atoms with E-state index in [0.29, 0.717) is 5.69 Å². The second kappa shape index (κ2) is 6.67. The van der Waals surface area contributed by atoms with Crippen LogP contribution in [-0.4, -0.2) is 46.3 Å². The Morgan fingerprint density at radius 2 is 2.12 bits per heavy atom. The van der Waals surface area contributed by atoms with Crippen LogP contribution in [0.15, 0.2) is 12.1 Å². The lowest BCUT2D eigenvalue weighted by Crippen LogP contribution is -2.31. The summed E-state index contributed by atoms with van der Waals surface area (Å²) in [5, 5.41) is 16.4. The summed E-state index contributed by atoms with van der Waals surface area (Å²) >= 11 is 5.55. The van der Waals surface area contributed by atoms with Crippen molar-refractivity contribution in [1.82, 2.24) is 15.1 Å². The van der Waals surface area contributed by atoms with Crippen molar-refractivity contribution in [1.29, 1.82) is 0 Å². The molecule has 1 N–H and O–H groups in total. The van der Waals surface area contributed by atoms with E-state index >= 15 is 0 Å². The van der Waals surface area contributed by atoms with E-state index in [0.717, 1.165) is 0 Å². The highest BCUT2D eigenvalue weighted by molar-refractivity contribution is 6.29. The van der Waals surface area contributed by atoms with Gasteiger partial charge in [0, 0.05) is 13.1 Å². The molecule has 0 amide bonds. The summed E-state index contributed by atoms with van der Waals surface area (Å²) < 4.78 is 24.4. The molecule has 1 rings (SSSR count). The summed E-state index contributed by atoms with van der Waals surface area (Å²) in [6.45, 7) is -0.178. The van der Waals surface area contributed by atoms with Crippen LogP contribution in [0.5, 0.6) is 0 Å². The fourth-order valence-electron chi connectivity index (χ4n) is 1.23. The van der Waals surface area contributed by atoms with Gasteiger partial charge in [0.15, 0.2) is 5.15 Å². The van der Waals surface area contributed by atoms with Crippen LogP contribution in [0.3, 0.4) is 0 Å². The minimum atomic E-state index is -2.44. The molecule has 0 spiro atoms. The maximum atomic E-state index is 12.2. The third-order valence-corrected chi connectivity index (χ3v) is 2.09. The molecule has 0 saturated heterocycles. The average molecular weight is 252 g/mol. The zero-order valence-electron chi connectivity index (χ0n) is 8.48. The van der Waals surface area contributed by atoms with Gasteiger partial charge in [-0.25, -0.2) is 8.78 Å². The fourth-order valence-corrected chi connectivity index (χ4v) is 1.33. The van der Waals surface area contributed by atoms with Crippen LogP contribution in [0.4, 0.5) is 8.78 Å². The lowest BCUT2D eigenvalue weighted by atomic mass is 10.3. The third kappa shape index (κ3) is 4.78. The van der Waals surface area contributed by atoms with E-state index in [1.54, 1.807) is 12.1 Å². The van der Waals surface area contributed by atoms with E-state index in [4.69, 9.17) is 16.7 Å². The fraction of sp³-hybridized carbons (Fsp3) is 0.556. The Kier molecular flexibility index (Phi) is 5.51. The standard InChI is InChI=1S/C9H12ClF2N3O/c10-8-2-1-7(13-14-8)5-15(3-4-16)6-9(11)12/h1-2,9,16H,3-6H2. The third-order valence-electron chi connectivity index (χ3n) is 1.89. The molecular formula is C9H12ClF2N3O. The molecule has 4 nitrogen and oxygen atoms in total. The zero-order chi connectivity index (χ0) is 12.0. The van der Waals surface area contributed by atoms with Crippen molar-refractivity contribution < 1.29 is 13.9 Å². The Labute approximate surface area is 96.9 Å². The van der Waals surface area contributed by atoms with Crippen molar-refractivity contribution in [2.75, 3.05) is 19.7 Å². The quantitative estimate of drug-likeness (QED) is 0.825. The molecule has 16 heavy (non-hydrogen) atoms. The van der Waals surface area contributed by atoms with Crippen LogP contribution < -0.4 is 0 Å². The minimum absolute atomic E-state index is 0.173. The molecule has 0 aliphatic rings. The number of aliphatic hydroxyl groups is 1. The number of aromatic nitrogens is 2. The van der Waals surface area contributed by atoms with Crippen molar-refractivity contribution >= 4 is 11.6 Å². The van der Waals surface area contributed by atoms with Gasteiger partial charge in [0.2, 0.25) is 0 Å². The molecule has 0 aliphatic heterocycles. The molecule has 0 atom stereocenters. The van der Waals surface area contributed by atoms with Crippen molar-refractivity contribution in [3.05, 3.63) is 23.0 Å². The molecular weight excluding hydrogens is 240 g/mol. The van der Waals surface area contributed by atoms with E-state index in [1.165, 1.54) is 4.90 Å². The first-order valence-electron chi connectivity index (χ1n) is 4.71. The normalized spacial score (nSPS) is 11.4. The predicted molar refractivity (Wildman–Crippen MR) is 55.4 cm³/mol. The molecule has 0 unspecified atom stereocenters. The number of aliphatic hydroxyl groups excluding tert-OH is 1. The smallest absolute Gasteiger partial charge is 0.251 e. The van der Waals surface area contributed by atoms with Crippen LogP contribution in [0.2, 0.25) is 5.15 Å². The van der Waals surface area contributed by atoms with Gasteiger partial charge < -0.3 is 5.11 Å². The summed E-state index contributed by atoms with van der Waals surface area (Å²) in [7, 11) is 0. The maximum Gasteiger partial charge on any atom is 0.251 e. The molecule has 1 aromatic rings. The van der Waals surface area contributed by atoms with Gasteiger partial charge in [-0.05, 0) is 12.1 Å². The second-order valence-corrected chi connectivity index (χ2v) is 3.58. The highest BCUT2D eigenvalue weighted by Gasteiger charge is 2.12. The molecule has 7 heteroatoms. The summed E-state index contributed by atoms with van der Waals surface area (Å²) in [6.07, 6.45) is -2.44. The molecule has 90 valence electrons. The van der Waals surface area contributed by atoms with Gasteiger partial charge in [0.1, 0.15) is 0 Å². The van der Waals surface area contributed by atoms with Gasteiger partial charge in [0.05, 0.1) is 18.8 Å². The Hall–Kier alpha value is -0.850. The van der Waals surface area contributed by atoms with Gasteiger partial charge in [-0.3, -0.25) is 4.90 Å². The molecule has 0 saturated carbocycles. The van der Waals surface area contributed by atoms with E-state index in [1.807, 2.05) is 0 Å². The van der Waals surface area contributed by atoms with Crippen LogP contribution >= 0.6 is 11.6 Å². The highest BCUT2D eigenvalue weighted by Crippen LogP contribution is 2.06. The van der Waals surface area contributed by atoms with Gasteiger partial charge in [-0.15, -0.1) is 5.10 Å². The number of hydrogen-bond donors (Lipinski definition) is 1. The van der Waals surface area contributed by atoms with E-state index < -0.39 is 13.0 Å². The lowest BCUT2D eigenvalue weighted by Gasteiger charge is -2.19. The number of halogens is 3. The Morgan fingerprint density at radius 3 is 2.62 bits per heavy atom. The topological polar surface area (TPSA) is 49.2 Å². The van der Waals surface area contributed by atoms with Crippen LogP contribution in [0, 0.1) is 0 Å². The van der Waals surface area contributed by atoms with E-state index in [-0.39, 0.29) is 24.8 Å². The van der Waals surface area contributed by atoms with Gasteiger partial charge in [-0.1, -0.05) is 11.6 Å². The first-order valence-corrected chi connectivity index (χ1v) is 5.09. The Bertz CT molecular complexity index is 310. The monoisotopic (exact) mass is 251 g/mol. The average Bonchev–Trinajstić information content (AvgIpc) is 2.21. The van der Waals surface area contributed by atoms with Gasteiger partial charge in [-0.2, -0.15) is 5.10 Å². The van der Waals surface area contributed by atoms with Gasteiger partial charge in [0.25, 0.3) is 6.43 Å². The lowest BCUT2D eigenvalue weighted by molar-refractivity contribution is 0.0739. The molecule has 0 aliphatic carbocycles. The first-order chi connectivity index (χ1) is 7.61. The van der Waals surface area contributed by atoms with Crippen molar-refractivity contribution in [3.63, 3.8) is 0 Å². The molecule has 1 aromatic heterocycles. The SMILES string of the molecule is OCCN(Cc1ccc(Cl)nn1)CC(F)F. The molecule has 1 heterocycles. The summed E-state index contributed by atoms with van der Waals surface area (Å²) in [6, 6.07) is 3.16. The number of rotatable bonds is 6. The molecule has 0 bridgehead atoms. The molecule has 0 radical (unpaired) electrons. The summed E-state index contributed by atoms with van der Waals surface area (Å²) in [5.41, 5.74) is 0.540. The van der Waals surface area contributed by atoms with Crippen LogP contribution in [0.1, 0.15) is 5.69 Å². The van der Waals surface area contributed by atoms with Crippen molar-refractivity contribution in [3.8, 4) is 0 Å². The minimum Gasteiger partial charge on any atom is -0.395 e. The van der Waals surface area contributed by atoms with Crippen molar-refractivity contribution in [2.24, 2.45) is 0 Å². The molecule has 0 fully saturated rings. The summed E-state index contributed by atoms with van der Waals surface area (Å²) in [4.78, 5) is 1.41. The maximum absolute atomic E-state index is 12.2. The predicted octanol–water partition coefficient (Wildman–Crippen LogP) is 1.19. The largest absolute Gasteiger partial charge is 0.395 e. The highest BCUT2D eigenvalue weighted by atomic mass is 35.5. The van der Waals surface area contributed by atoms with Crippen molar-refractivity contribution in [2.45, 2.75) is 13.0 Å². The zero-order valence-corrected chi connectivity index (χ0v) is 9.24. The van der Waals surface area contributed by atoms with E-state index in [9.17, 15) is 8.78 Å². The number of hydrogen-bond acceptors (Lipinski definition) is 4. The number of alkyl halides is 2. The van der Waals surface area contributed by atoms with Crippen LogP contribution in [-0.2, 0) is 6.54 Å². The Morgan fingerprint density at radius 1 is 1.38 bits per heavy atom. The summed E-state index contributed by atoms with van der Waals surface area (Å²) in [5.74, 6) is 0. The first kappa shape index (κ1) is 13.2. The second-order valence-electron chi connectivity index (χ2n) is 3.20. The molecule has 0 aromatic carbocycles. The Balaban J connectivity index is 2.56. The van der Waals surface area contributed by atoms with Gasteiger partial charge >= 0.3 is 0 Å². The van der Waals surface area contributed by atoms with E-state index in [2.05, 4.69) is 10.2 Å².